The predicted molar refractivity (Wildman–Crippen MR) is 288 cm³/mol. The number of hydrogen-bond acceptors (Lipinski definition) is 7. The van der Waals surface area contributed by atoms with Crippen molar-refractivity contribution >= 4 is 19.8 Å². The van der Waals surface area contributed by atoms with E-state index in [1.165, 1.54) is 57.8 Å². The lowest BCUT2D eigenvalue weighted by atomic mass is 10.0. The zero-order valence-electron chi connectivity index (χ0n) is 43.5. The van der Waals surface area contributed by atoms with Gasteiger partial charge < -0.3 is 18.9 Å². The molecular formula is C58H97NO8P+. The Morgan fingerprint density at radius 2 is 0.824 bits per heavy atom. The van der Waals surface area contributed by atoms with Gasteiger partial charge in [0.1, 0.15) is 19.8 Å². The summed E-state index contributed by atoms with van der Waals surface area (Å²) in [4.78, 5) is 35.5. The van der Waals surface area contributed by atoms with Gasteiger partial charge in [0.05, 0.1) is 27.7 Å². The smallest absolute Gasteiger partial charge is 0.462 e. The quantitative estimate of drug-likeness (QED) is 0.0211. The van der Waals surface area contributed by atoms with Crippen LogP contribution in [0.3, 0.4) is 0 Å². The predicted octanol–water partition coefficient (Wildman–Crippen LogP) is 16.0. The zero-order chi connectivity index (χ0) is 49.9. The number of likely N-dealkylation sites (N-methyl/N-ethyl adjacent to an activating group) is 1. The molecule has 0 rings (SSSR count). The number of nitrogens with zero attached hydrogens (tertiary/aromatic N) is 1. The lowest BCUT2D eigenvalue weighted by Crippen LogP contribution is -2.37. The van der Waals surface area contributed by atoms with Gasteiger partial charge in [-0.3, -0.25) is 18.6 Å². The summed E-state index contributed by atoms with van der Waals surface area (Å²) >= 11 is 0. The summed E-state index contributed by atoms with van der Waals surface area (Å²) in [6.45, 7) is 4.10. The summed E-state index contributed by atoms with van der Waals surface area (Å²) in [6.07, 6.45) is 68.5. The van der Waals surface area contributed by atoms with Gasteiger partial charge >= 0.3 is 19.8 Å². The summed E-state index contributed by atoms with van der Waals surface area (Å²) in [6, 6.07) is 0. The first-order valence-electron chi connectivity index (χ1n) is 26.3. The highest BCUT2D eigenvalue weighted by molar-refractivity contribution is 7.47. The average molecular weight is 967 g/mol. The number of unbranched alkanes of at least 4 members (excludes halogenated alkanes) is 12. The Hall–Kier alpha value is -3.59. The third kappa shape index (κ3) is 51.8. The minimum Gasteiger partial charge on any atom is -0.462 e. The molecule has 2 atom stereocenters. The second-order valence-electron chi connectivity index (χ2n) is 18.1. The maximum Gasteiger partial charge on any atom is 0.472 e. The Balaban J connectivity index is 4.33. The molecule has 0 aromatic carbocycles. The van der Waals surface area contributed by atoms with E-state index in [-0.39, 0.29) is 26.1 Å². The number of phosphoric acid groups is 1. The van der Waals surface area contributed by atoms with Crippen molar-refractivity contribution in [1.82, 2.24) is 0 Å². The van der Waals surface area contributed by atoms with Gasteiger partial charge in [0.2, 0.25) is 0 Å². The second kappa shape index (κ2) is 48.4. The number of carbonyl (C=O) groups is 2. The molecular weight excluding hydrogens is 870 g/mol. The molecule has 386 valence electrons. The van der Waals surface area contributed by atoms with Crippen LogP contribution in [0.4, 0.5) is 0 Å². The molecule has 0 amide bonds. The molecule has 0 saturated carbocycles. The van der Waals surface area contributed by atoms with E-state index >= 15 is 0 Å². The first-order valence-corrected chi connectivity index (χ1v) is 27.8. The number of ether oxygens (including phenoxy) is 2. The fraction of sp³-hybridized carbons (Fsp3) is 0.621. The SMILES string of the molecule is CC/C=C\C/C=C\C/C=C\C/C=C\C/C=C\C/C=C\CCC(=O)OC(COC(=O)CCCCCCCCCCCCCC/C=C\C/C=C\C/C=C\C/C=C\CC)COP(=O)(O)OCC[N+](C)(C)C. The number of rotatable bonds is 46. The topological polar surface area (TPSA) is 108 Å². The molecule has 0 aliphatic carbocycles. The molecule has 10 heteroatoms. The van der Waals surface area contributed by atoms with E-state index in [9.17, 15) is 19.0 Å². The Labute approximate surface area is 416 Å². The molecule has 0 aromatic heterocycles. The number of quaternary nitrogens is 1. The van der Waals surface area contributed by atoms with Crippen LogP contribution < -0.4 is 0 Å². The van der Waals surface area contributed by atoms with Crippen molar-refractivity contribution < 1.29 is 42.1 Å². The molecule has 0 spiro atoms. The van der Waals surface area contributed by atoms with Crippen LogP contribution in [-0.2, 0) is 32.7 Å². The molecule has 0 aliphatic rings. The maximum atomic E-state index is 12.7. The van der Waals surface area contributed by atoms with E-state index < -0.39 is 32.5 Å². The molecule has 1 N–H and O–H groups in total. The van der Waals surface area contributed by atoms with E-state index in [2.05, 4.69) is 123 Å². The second-order valence-corrected chi connectivity index (χ2v) is 19.6. The summed E-state index contributed by atoms with van der Waals surface area (Å²) in [7, 11) is 1.41. The summed E-state index contributed by atoms with van der Waals surface area (Å²) < 4.78 is 34.4. The van der Waals surface area contributed by atoms with Crippen LogP contribution in [0.2, 0.25) is 0 Å². The van der Waals surface area contributed by atoms with Crippen LogP contribution >= 0.6 is 7.82 Å². The van der Waals surface area contributed by atoms with E-state index in [0.717, 1.165) is 89.9 Å². The molecule has 0 aromatic rings. The Morgan fingerprint density at radius 3 is 1.24 bits per heavy atom. The van der Waals surface area contributed by atoms with Crippen molar-refractivity contribution in [3.63, 3.8) is 0 Å². The molecule has 0 fully saturated rings. The standard InChI is InChI=1S/C58H96NO8P/c1-6-8-10-12-14-16-18-20-22-24-26-27-28-29-30-31-33-34-36-38-40-42-44-46-48-50-57(60)64-54-56(55-66-68(62,63)65-53-52-59(3,4)5)67-58(61)51-49-47-45-43-41-39-37-35-32-25-23-21-19-17-15-13-11-9-7-2/h8-11,14-17,20-23,26-27,32,35,39,41,45,47,56H,6-7,12-13,18-19,24-25,28-31,33-34,36-38,40,42-44,46,48-55H2,1-5H3/p+1/b10-8-,11-9-,16-14-,17-15-,22-20-,23-21-,27-26-,35-32-,41-39-,47-45-. The summed E-state index contributed by atoms with van der Waals surface area (Å²) in [5, 5.41) is 0. The summed E-state index contributed by atoms with van der Waals surface area (Å²) in [5.41, 5.74) is 0. The molecule has 9 nitrogen and oxygen atoms in total. The fourth-order valence-corrected chi connectivity index (χ4v) is 7.24. The average Bonchev–Trinajstić information content (AvgIpc) is 3.30. The van der Waals surface area contributed by atoms with Gasteiger partial charge in [-0.1, -0.05) is 200 Å². The highest BCUT2D eigenvalue weighted by Gasteiger charge is 2.27. The normalized spacial score (nSPS) is 14.4. The van der Waals surface area contributed by atoms with Gasteiger partial charge in [0.25, 0.3) is 0 Å². The zero-order valence-corrected chi connectivity index (χ0v) is 44.4. The molecule has 0 bridgehead atoms. The van der Waals surface area contributed by atoms with Crippen LogP contribution in [0, 0.1) is 0 Å². The van der Waals surface area contributed by atoms with Gasteiger partial charge in [0.15, 0.2) is 6.10 Å². The minimum atomic E-state index is -4.41. The van der Waals surface area contributed by atoms with Gasteiger partial charge in [-0.15, -0.1) is 0 Å². The Morgan fingerprint density at radius 1 is 0.456 bits per heavy atom. The third-order valence-corrected chi connectivity index (χ3v) is 11.5. The Kier molecular flexibility index (Phi) is 45.9. The molecule has 0 aliphatic heterocycles. The van der Waals surface area contributed by atoms with Crippen LogP contribution in [0.15, 0.2) is 122 Å². The monoisotopic (exact) mass is 967 g/mol. The van der Waals surface area contributed by atoms with E-state index in [1.807, 2.05) is 33.3 Å². The van der Waals surface area contributed by atoms with E-state index in [0.29, 0.717) is 17.4 Å². The van der Waals surface area contributed by atoms with E-state index in [1.54, 1.807) is 0 Å². The lowest BCUT2D eigenvalue weighted by Gasteiger charge is -2.24. The third-order valence-electron chi connectivity index (χ3n) is 10.5. The van der Waals surface area contributed by atoms with Gasteiger partial charge in [-0.25, -0.2) is 4.57 Å². The van der Waals surface area contributed by atoms with Gasteiger partial charge in [-0.05, 0) is 89.9 Å². The van der Waals surface area contributed by atoms with Crippen molar-refractivity contribution in [1.29, 1.82) is 0 Å². The molecule has 0 saturated heterocycles. The first kappa shape index (κ1) is 64.4. The first-order chi connectivity index (χ1) is 33.0. The molecule has 2 unspecified atom stereocenters. The Bertz CT molecular complexity index is 1560. The van der Waals surface area contributed by atoms with Crippen LogP contribution in [0.25, 0.3) is 0 Å². The van der Waals surface area contributed by atoms with Crippen LogP contribution in [0.1, 0.15) is 181 Å². The van der Waals surface area contributed by atoms with Gasteiger partial charge in [-0.2, -0.15) is 0 Å². The fourth-order valence-electron chi connectivity index (χ4n) is 6.50. The maximum absolute atomic E-state index is 12.7. The molecule has 0 heterocycles. The van der Waals surface area contributed by atoms with Crippen molar-refractivity contribution in [3.8, 4) is 0 Å². The van der Waals surface area contributed by atoms with E-state index in [4.69, 9.17) is 18.5 Å². The summed E-state index contributed by atoms with van der Waals surface area (Å²) in [5.74, 6) is -0.907. The number of esters is 2. The van der Waals surface area contributed by atoms with Gasteiger partial charge in [0, 0.05) is 12.8 Å². The highest BCUT2D eigenvalue weighted by atomic mass is 31.2. The van der Waals surface area contributed by atoms with Crippen LogP contribution in [-0.4, -0.2) is 74.9 Å². The number of carbonyl (C=O) groups excluding carboxylic acids is 2. The van der Waals surface area contributed by atoms with Crippen molar-refractivity contribution in [2.24, 2.45) is 0 Å². The largest absolute Gasteiger partial charge is 0.472 e. The molecule has 68 heavy (non-hydrogen) atoms. The lowest BCUT2D eigenvalue weighted by molar-refractivity contribution is -0.870. The highest BCUT2D eigenvalue weighted by Crippen LogP contribution is 2.43. The van der Waals surface area contributed by atoms with Crippen molar-refractivity contribution in [3.05, 3.63) is 122 Å². The number of phosphoric ester groups is 1. The van der Waals surface area contributed by atoms with Crippen molar-refractivity contribution in [2.75, 3.05) is 47.5 Å². The van der Waals surface area contributed by atoms with Crippen molar-refractivity contribution in [2.45, 2.75) is 187 Å². The number of allylic oxidation sites excluding steroid dienone is 20. The number of hydrogen-bond donors (Lipinski definition) is 1. The minimum absolute atomic E-state index is 0.0112. The van der Waals surface area contributed by atoms with Crippen LogP contribution in [0.5, 0.6) is 0 Å². The molecule has 0 radical (unpaired) electrons.